The number of para-hydroxylation sites is 2. The van der Waals surface area contributed by atoms with Gasteiger partial charge in [0.1, 0.15) is 0 Å². The highest BCUT2D eigenvalue weighted by molar-refractivity contribution is 6.36. The second kappa shape index (κ2) is 5.66. The summed E-state index contributed by atoms with van der Waals surface area (Å²) in [5, 5.41) is 1.60. The van der Waals surface area contributed by atoms with Crippen LogP contribution in [-0.2, 0) is 7.05 Å². The van der Waals surface area contributed by atoms with Crippen molar-refractivity contribution in [3.05, 3.63) is 65.7 Å². The van der Waals surface area contributed by atoms with Crippen molar-refractivity contribution in [3.8, 4) is 0 Å². The number of imidazole rings is 1. The molecule has 2 amide bonds. The average molecular weight is 370 g/mol. The van der Waals surface area contributed by atoms with Crippen LogP contribution in [0.1, 0.15) is 20.7 Å². The van der Waals surface area contributed by atoms with E-state index in [1.165, 1.54) is 4.90 Å². The molecule has 0 spiro atoms. The molecule has 0 N–H and O–H groups in total. The minimum Gasteiger partial charge on any atom is -0.377 e. The average Bonchev–Trinajstić information content (AvgIpc) is 3.02. The zero-order valence-electron chi connectivity index (χ0n) is 15.8. The number of hydrogen-bond acceptors (Lipinski definition) is 4. The Labute approximate surface area is 161 Å². The van der Waals surface area contributed by atoms with Gasteiger partial charge >= 0.3 is 0 Å². The van der Waals surface area contributed by atoms with Gasteiger partial charge in [-0.3, -0.25) is 9.59 Å². The van der Waals surface area contributed by atoms with Crippen LogP contribution < -0.4 is 9.80 Å². The third kappa shape index (κ3) is 2.05. The van der Waals surface area contributed by atoms with Crippen LogP contribution in [0, 0.1) is 0 Å². The molecule has 0 bridgehead atoms. The first-order valence-electron chi connectivity index (χ1n) is 9.02. The summed E-state index contributed by atoms with van der Waals surface area (Å²) < 4.78 is 1.78. The van der Waals surface area contributed by atoms with Gasteiger partial charge in [0, 0.05) is 48.7 Å². The summed E-state index contributed by atoms with van der Waals surface area (Å²) in [4.78, 5) is 34.5. The Bertz CT molecular complexity index is 1280. The number of aromatic nitrogens is 2. The maximum absolute atomic E-state index is 13.4. The van der Waals surface area contributed by atoms with Crippen molar-refractivity contribution in [2.75, 3.05) is 23.9 Å². The molecule has 0 atom stereocenters. The normalized spacial score (nSPS) is 13.6. The van der Waals surface area contributed by atoms with Crippen LogP contribution in [0.4, 0.5) is 11.6 Å². The lowest BCUT2D eigenvalue weighted by molar-refractivity contribution is 0.0890. The SMILES string of the molecule is CN(C)c1ccc2c3c(cccc13)C(=O)N(c1nc3ccccc3n1C)C2=O. The summed E-state index contributed by atoms with van der Waals surface area (Å²) >= 11 is 0. The number of amides is 2. The van der Waals surface area contributed by atoms with Gasteiger partial charge in [-0.2, -0.15) is 0 Å². The van der Waals surface area contributed by atoms with Crippen LogP contribution in [0.25, 0.3) is 21.8 Å². The fourth-order valence-corrected chi connectivity index (χ4v) is 3.99. The molecule has 0 fully saturated rings. The van der Waals surface area contributed by atoms with E-state index < -0.39 is 0 Å². The molecule has 138 valence electrons. The second-order valence-electron chi connectivity index (χ2n) is 7.16. The molecule has 0 unspecified atom stereocenters. The number of carbonyl (C=O) groups is 2. The molecule has 0 radical (unpaired) electrons. The Hall–Kier alpha value is -3.67. The minimum absolute atomic E-state index is 0.329. The fraction of sp³-hybridized carbons (Fsp3) is 0.136. The lowest BCUT2D eigenvalue weighted by Gasteiger charge is -2.27. The third-order valence-corrected chi connectivity index (χ3v) is 5.33. The van der Waals surface area contributed by atoms with Gasteiger partial charge in [-0.1, -0.05) is 24.3 Å². The molecular formula is C22H18N4O2. The van der Waals surface area contributed by atoms with E-state index in [1.807, 2.05) is 68.5 Å². The number of benzene rings is 3. The lowest BCUT2D eigenvalue weighted by atomic mass is 9.93. The molecule has 0 saturated heterocycles. The van der Waals surface area contributed by atoms with Gasteiger partial charge in [-0.05, 0) is 30.3 Å². The predicted octanol–water partition coefficient (Wildman–Crippen LogP) is 3.59. The van der Waals surface area contributed by atoms with Crippen molar-refractivity contribution >= 4 is 45.3 Å². The van der Waals surface area contributed by atoms with Gasteiger partial charge < -0.3 is 9.47 Å². The summed E-state index contributed by atoms with van der Waals surface area (Å²) in [6, 6.07) is 16.9. The van der Waals surface area contributed by atoms with Gasteiger partial charge in [-0.15, -0.1) is 0 Å². The Morgan fingerprint density at radius 2 is 1.57 bits per heavy atom. The van der Waals surface area contributed by atoms with Crippen molar-refractivity contribution in [1.82, 2.24) is 9.55 Å². The summed E-state index contributed by atoms with van der Waals surface area (Å²) in [6.45, 7) is 0. The molecule has 6 nitrogen and oxygen atoms in total. The maximum atomic E-state index is 13.4. The minimum atomic E-state index is -0.350. The number of imide groups is 1. The van der Waals surface area contributed by atoms with Crippen LogP contribution >= 0.6 is 0 Å². The Morgan fingerprint density at radius 1 is 0.857 bits per heavy atom. The topological polar surface area (TPSA) is 58.4 Å². The van der Waals surface area contributed by atoms with E-state index in [0.29, 0.717) is 22.5 Å². The van der Waals surface area contributed by atoms with Crippen LogP contribution in [0.2, 0.25) is 0 Å². The van der Waals surface area contributed by atoms with E-state index >= 15 is 0 Å². The van der Waals surface area contributed by atoms with Crippen LogP contribution in [0.3, 0.4) is 0 Å². The van der Waals surface area contributed by atoms with Crippen molar-refractivity contribution in [3.63, 3.8) is 0 Å². The maximum Gasteiger partial charge on any atom is 0.268 e. The van der Waals surface area contributed by atoms with Gasteiger partial charge in [0.15, 0.2) is 0 Å². The first-order chi connectivity index (χ1) is 13.5. The van der Waals surface area contributed by atoms with E-state index in [-0.39, 0.29) is 11.8 Å². The monoisotopic (exact) mass is 370 g/mol. The molecule has 1 aromatic heterocycles. The predicted molar refractivity (Wildman–Crippen MR) is 110 cm³/mol. The number of carbonyl (C=O) groups excluding carboxylic acids is 2. The zero-order valence-corrected chi connectivity index (χ0v) is 15.8. The molecule has 0 saturated carbocycles. The standard InChI is InChI=1S/C22H18N4O2/c1-24(2)17-12-11-15-19-13(17)7-6-8-14(19)20(27)26(21(15)28)22-23-16-9-4-5-10-18(16)25(22)3/h4-12H,1-3H3. The van der Waals surface area contributed by atoms with Crippen molar-refractivity contribution in [2.45, 2.75) is 0 Å². The molecular weight excluding hydrogens is 352 g/mol. The molecule has 1 aliphatic rings. The molecule has 2 heterocycles. The Balaban J connectivity index is 1.78. The lowest BCUT2D eigenvalue weighted by Crippen LogP contribution is -2.42. The van der Waals surface area contributed by atoms with E-state index in [0.717, 1.165) is 22.1 Å². The summed E-state index contributed by atoms with van der Waals surface area (Å²) in [6.07, 6.45) is 0. The summed E-state index contributed by atoms with van der Waals surface area (Å²) in [7, 11) is 5.71. The number of aryl methyl sites for hydroxylation is 1. The van der Waals surface area contributed by atoms with Crippen LogP contribution in [0.15, 0.2) is 54.6 Å². The highest BCUT2D eigenvalue weighted by Crippen LogP contribution is 2.37. The Morgan fingerprint density at radius 3 is 2.29 bits per heavy atom. The van der Waals surface area contributed by atoms with Crippen LogP contribution in [-0.4, -0.2) is 35.5 Å². The number of rotatable bonds is 2. The Kier molecular flexibility index (Phi) is 3.34. The fourth-order valence-electron chi connectivity index (χ4n) is 3.99. The van der Waals surface area contributed by atoms with E-state index in [4.69, 9.17) is 0 Å². The highest BCUT2D eigenvalue weighted by atomic mass is 16.2. The number of fused-ring (bicyclic) bond motifs is 1. The van der Waals surface area contributed by atoms with Gasteiger partial charge in [0.2, 0.25) is 5.95 Å². The van der Waals surface area contributed by atoms with E-state index in [9.17, 15) is 9.59 Å². The van der Waals surface area contributed by atoms with E-state index in [2.05, 4.69) is 4.98 Å². The van der Waals surface area contributed by atoms with E-state index in [1.54, 1.807) is 16.7 Å². The molecule has 5 rings (SSSR count). The first-order valence-corrected chi connectivity index (χ1v) is 9.02. The molecule has 4 aromatic rings. The number of hydrogen-bond donors (Lipinski definition) is 0. The quantitative estimate of drug-likeness (QED) is 0.506. The van der Waals surface area contributed by atoms with Crippen molar-refractivity contribution in [1.29, 1.82) is 0 Å². The molecule has 3 aromatic carbocycles. The number of nitrogens with zero attached hydrogens (tertiary/aromatic N) is 4. The van der Waals surface area contributed by atoms with Crippen molar-refractivity contribution < 1.29 is 9.59 Å². The van der Waals surface area contributed by atoms with Crippen LogP contribution in [0.5, 0.6) is 0 Å². The smallest absolute Gasteiger partial charge is 0.268 e. The molecule has 0 aliphatic carbocycles. The van der Waals surface area contributed by atoms with Crippen molar-refractivity contribution in [2.24, 2.45) is 7.05 Å². The largest absolute Gasteiger partial charge is 0.377 e. The highest BCUT2D eigenvalue weighted by Gasteiger charge is 2.37. The third-order valence-electron chi connectivity index (χ3n) is 5.33. The summed E-state index contributed by atoms with van der Waals surface area (Å²) in [5.74, 6) is -0.370. The molecule has 6 heteroatoms. The van der Waals surface area contributed by atoms with Gasteiger partial charge in [-0.25, -0.2) is 9.88 Å². The van der Waals surface area contributed by atoms with Gasteiger partial charge in [0.05, 0.1) is 11.0 Å². The zero-order chi connectivity index (χ0) is 19.6. The number of anilines is 2. The van der Waals surface area contributed by atoms with Gasteiger partial charge in [0.25, 0.3) is 11.8 Å². The summed E-state index contributed by atoms with van der Waals surface area (Å²) in [5.41, 5.74) is 3.61. The first kappa shape index (κ1) is 16.5. The molecule has 1 aliphatic heterocycles. The molecule has 28 heavy (non-hydrogen) atoms. The second-order valence-corrected chi connectivity index (χ2v) is 7.16.